The Kier molecular flexibility index (Phi) is 5.12. The molecule has 31 heavy (non-hydrogen) atoms. The molecule has 1 amide bonds. The molecule has 4 aromatic rings. The fraction of sp³-hybridized carbons (Fsp3) is 0.227. The van der Waals surface area contributed by atoms with E-state index in [0.29, 0.717) is 27.6 Å². The highest BCUT2D eigenvalue weighted by Gasteiger charge is 2.35. The number of benzene rings is 2. The maximum atomic E-state index is 12.6. The lowest BCUT2D eigenvalue weighted by Crippen LogP contribution is -2.25. The number of nitrogens with one attached hydrogen (secondary N) is 1. The molecular formula is C22H18Cl2N4O2S. The summed E-state index contributed by atoms with van der Waals surface area (Å²) in [6.45, 7) is 4.47. The first-order valence-electron chi connectivity index (χ1n) is 9.83. The van der Waals surface area contributed by atoms with Crippen LogP contribution in [0.1, 0.15) is 36.1 Å². The van der Waals surface area contributed by atoms with Crippen molar-refractivity contribution >= 4 is 56.5 Å². The SMILES string of the molecule is CCOc1ccc2nc(-n3nc(C)c4c3NC(=O)CC4c3c(Cl)cccc3Cl)sc2c1. The summed E-state index contributed by atoms with van der Waals surface area (Å²) in [5.74, 6) is 1.01. The number of fused-ring (bicyclic) bond motifs is 2. The van der Waals surface area contributed by atoms with E-state index < -0.39 is 0 Å². The standard InChI is InChI=1S/C22H18Cl2N4O2S/c1-3-30-12-7-8-16-17(9-12)31-22(25-16)28-21-19(11(2)27-28)13(10-18(29)26-21)20-14(23)5-4-6-15(20)24/h4-9,13H,3,10H2,1-2H3,(H,26,29). The van der Waals surface area contributed by atoms with Gasteiger partial charge in [-0.05, 0) is 49.7 Å². The largest absolute Gasteiger partial charge is 0.494 e. The zero-order valence-electron chi connectivity index (χ0n) is 16.8. The van der Waals surface area contributed by atoms with Gasteiger partial charge in [-0.1, -0.05) is 40.6 Å². The van der Waals surface area contributed by atoms with Gasteiger partial charge in [-0.3, -0.25) is 4.79 Å². The number of hydrogen-bond acceptors (Lipinski definition) is 5. The summed E-state index contributed by atoms with van der Waals surface area (Å²) in [5.41, 5.74) is 3.29. The summed E-state index contributed by atoms with van der Waals surface area (Å²) in [5, 5.41) is 9.44. The molecule has 0 bridgehead atoms. The molecule has 2 aromatic heterocycles. The van der Waals surface area contributed by atoms with Gasteiger partial charge in [-0.2, -0.15) is 9.78 Å². The van der Waals surface area contributed by atoms with Crippen LogP contribution in [0.3, 0.4) is 0 Å². The number of rotatable bonds is 4. The van der Waals surface area contributed by atoms with Gasteiger partial charge in [0.1, 0.15) is 11.6 Å². The fourth-order valence-electron chi connectivity index (χ4n) is 4.02. The highest BCUT2D eigenvalue weighted by molar-refractivity contribution is 7.20. The highest BCUT2D eigenvalue weighted by Crippen LogP contribution is 2.45. The van der Waals surface area contributed by atoms with Gasteiger partial charge in [0.05, 0.1) is 22.5 Å². The molecule has 0 spiro atoms. The van der Waals surface area contributed by atoms with E-state index in [1.54, 1.807) is 22.9 Å². The highest BCUT2D eigenvalue weighted by atomic mass is 35.5. The van der Waals surface area contributed by atoms with Crippen molar-refractivity contribution in [2.24, 2.45) is 0 Å². The summed E-state index contributed by atoms with van der Waals surface area (Å²) in [4.78, 5) is 17.4. The lowest BCUT2D eigenvalue weighted by Gasteiger charge is -2.25. The van der Waals surface area contributed by atoms with Gasteiger partial charge in [0.15, 0.2) is 0 Å². The molecule has 1 atom stereocenters. The van der Waals surface area contributed by atoms with Gasteiger partial charge in [0.2, 0.25) is 11.0 Å². The molecule has 0 saturated carbocycles. The van der Waals surface area contributed by atoms with Crippen LogP contribution in [0.4, 0.5) is 5.82 Å². The number of nitrogens with zero attached hydrogens (tertiary/aromatic N) is 3. The second kappa shape index (κ2) is 7.82. The Morgan fingerprint density at radius 2 is 2.00 bits per heavy atom. The van der Waals surface area contributed by atoms with Crippen molar-refractivity contribution in [3.05, 3.63) is 63.3 Å². The average molecular weight is 473 g/mol. The third-order valence-electron chi connectivity index (χ3n) is 5.29. The molecule has 1 aliphatic heterocycles. The van der Waals surface area contributed by atoms with E-state index in [1.165, 1.54) is 11.3 Å². The Morgan fingerprint density at radius 1 is 1.23 bits per heavy atom. The first-order chi connectivity index (χ1) is 15.0. The van der Waals surface area contributed by atoms with Gasteiger partial charge in [-0.25, -0.2) is 4.98 Å². The fourth-order valence-corrected chi connectivity index (χ4v) is 5.63. The average Bonchev–Trinajstić information content (AvgIpc) is 3.28. The van der Waals surface area contributed by atoms with Gasteiger partial charge < -0.3 is 10.1 Å². The van der Waals surface area contributed by atoms with Crippen LogP contribution < -0.4 is 10.1 Å². The number of aryl methyl sites for hydroxylation is 1. The Hall–Kier alpha value is -2.61. The first-order valence-corrected chi connectivity index (χ1v) is 11.4. The third-order valence-corrected chi connectivity index (χ3v) is 6.94. The first kappa shape index (κ1) is 20.3. The monoisotopic (exact) mass is 472 g/mol. The molecule has 0 fully saturated rings. The number of amides is 1. The van der Waals surface area contributed by atoms with Crippen molar-refractivity contribution in [3.8, 4) is 10.9 Å². The smallest absolute Gasteiger partial charge is 0.226 e. The molecule has 0 saturated heterocycles. The van der Waals surface area contributed by atoms with Gasteiger partial charge >= 0.3 is 0 Å². The van der Waals surface area contributed by atoms with Crippen molar-refractivity contribution in [2.45, 2.75) is 26.2 Å². The molecule has 0 radical (unpaired) electrons. The van der Waals surface area contributed by atoms with Crippen molar-refractivity contribution < 1.29 is 9.53 Å². The van der Waals surface area contributed by atoms with Crippen LogP contribution in [0.15, 0.2) is 36.4 Å². The van der Waals surface area contributed by atoms with Crippen LogP contribution in [-0.2, 0) is 4.79 Å². The molecule has 5 rings (SSSR count). The number of carbonyl (C=O) groups excluding carboxylic acids is 1. The summed E-state index contributed by atoms with van der Waals surface area (Å²) in [6.07, 6.45) is 0.251. The van der Waals surface area contributed by atoms with Crippen molar-refractivity contribution in [3.63, 3.8) is 0 Å². The molecule has 158 valence electrons. The predicted molar refractivity (Wildman–Crippen MR) is 124 cm³/mol. The normalized spacial score (nSPS) is 15.7. The lowest BCUT2D eigenvalue weighted by atomic mass is 9.85. The zero-order valence-corrected chi connectivity index (χ0v) is 19.1. The number of thiazole rings is 1. The Labute approximate surface area is 192 Å². The van der Waals surface area contributed by atoms with Crippen molar-refractivity contribution in [2.75, 3.05) is 11.9 Å². The Morgan fingerprint density at radius 3 is 2.74 bits per heavy atom. The predicted octanol–water partition coefficient (Wildman–Crippen LogP) is 5.97. The summed E-state index contributed by atoms with van der Waals surface area (Å²) in [6, 6.07) is 11.2. The van der Waals surface area contributed by atoms with Crippen LogP contribution in [0.2, 0.25) is 10.0 Å². The second-order valence-corrected chi connectivity index (χ2v) is 9.08. The minimum absolute atomic E-state index is 0.116. The summed E-state index contributed by atoms with van der Waals surface area (Å²) < 4.78 is 8.28. The van der Waals surface area contributed by atoms with Crippen LogP contribution in [0.25, 0.3) is 15.3 Å². The number of ether oxygens (including phenoxy) is 1. The number of hydrogen-bond donors (Lipinski definition) is 1. The van der Waals surface area contributed by atoms with E-state index in [1.807, 2.05) is 32.0 Å². The number of anilines is 1. The number of aromatic nitrogens is 3. The minimum atomic E-state index is -0.280. The van der Waals surface area contributed by atoms with Crippen LogP contribution in [0.5, 0.6) is 5.75 Å². The van der Waals surface area contributed by atoms with E-state index in [2.05, 4.69) is 5.32 Å². The van der Waals surface area contributed by atoms with Gasteiger partial charge in [-0.15, -0.1) is 0 Å². The van der Waals surface area contributed by atoms with Gasteiger partial charge in [0.25, 0.3) is 0 Å². The van der Waals surface area contributed by atoms with E-state index in [-0.39, 0.29) is 18.2 Å². The van der Waals surface area contributed by atoms with E-state index in [0.717, 1.165) is 32.8 Å². The quantitative estimate of drug-likeness (QED) is 0.397. The van der Waals surface area contributed by atoms with Gasteiger partial charge in [0, 0.05) is 27.9 Å². The van der Waals surface area contributed by atoms with Crippen LogP contribution in [0, 0.1) is 6.92 Å². The third kappa shape index (κ3) is 3.46. The molecule has 1 N–H and O–H groups in total. The second-order valence-electron chi connectivity index (χ2n) is 7.26. The summed E-state index contributed by atoms with van der Waals surface area (Å²) in [7, 11) is 0. The molecule has 2 aromatic carbocycles. The lowest BCUT2D eigenvalue weighted by molar-refractivity contribution is -0.116. The van der Waals surface area contributed by atoms with E-state index >= 15 is 0 Å². The van der Waals surface area contributed by atoms with E-state index in [4.69, 9.17) is 38.0 Å². The van der Waals surface area contributed by atoms with Crippen molar-refractivity contribution in [1.82, 2.24) is 14.8 Å². The van der Waals surface area contributed by atoms with Crippen LogP contribution in [-0.4, -0.2) is 27.3 Å². The molecule has 9 heteroatoms. The van der Waals surface area contributed by atoms with E-state index in [9.17, 15) is 4.79 Å². The molecule has 1 unspecified atom stereocenters. The zero-order chi connectivity index (χ0) is 21.7. The Balaban J connectivity index is 1.65. The van der Waals surface area contributed by atoms with Crippen molar-refractivity contribution in [1.29, 1.82) is 0 Å². The van der Waals surface area contributed by atoms with Crippen LogP contribution >= 0.6 is 34.5 Å². The maximum absolute atomic E-state index is 12.6. The molecular weight excluding hydrogens is 455 g/mol. The minimum Gasteiger partial charge on any atom is -0.494 e. The summed E-state index contributed by atoms with van der Waals surface area (Å²) >= 11 is 14.5. The maximum Gasteiger partial charge on any atom is 0.226 e. The Bertz CT molecular complexity index is 1310. The molecule has 1 aliphatic rings. The molecule has 3 heterocycles. The molecule has 0 aliphatic carbocycles. The number of carbonyl (C=O) groups is 1. The molecule has 6 nitrogen and oxygen atoms in total. The number of halogens is 2. The topological polar surface area (TPSA) is 69.0 Å².